The molecule has 0 saturated carbocycles. The number of nitrogens with one attached hydrogen (secondary N) is 2. The second-order valence-corrected chi connectivity index (χ2v) is 7.09. The van der Waals surface area contributed by atoms with Gasteiger partial charge in [0.1, 0.15) is 5.82 Å². The number of hydrogen-bond donors (Lipinski definition) is 2. The van der Waals surface area contributed by atoms with Crippen molar-refractivity contribution in [2.75, 3.05) is 18.1 Å². The third-order valence-corrected chi connectivity index (χ3v) is 5.19. The van der Waals surface area contributed by atoms with Crippen LogP contribution in [0.4, 0.5) is 0 Å². The van der Waals surface area contributed by atoms with Gasteiger partial charge in [-0.3, -0.25) is 9.78 Å². The van der Waals surface area contributed by atoms with Crippen molar-refractivity contribution >= 4 is 15.7 Å². The van der Waals surface area contributed by atoms with Gasteiger partial charge < -0.3 is 4.90 Å². The van der Waals surface area contributed by atoms with Gasteiger partial charge >= 0.3 is 5.69 Å². The summed E-state index contributed by atoms with van der Waals surface area (Å²) in [7, 11) is -3.01. The molecule has 0 spiro atoms. The quantitative estimate of drug-likeness (QED) is 0.728. The Labute approximate surface area is 116 Å². The number of rotatable bonds is 5. The minimum atomic E-state index is -3.01. The number of aromatic nitrogens is 3. The number of aromatic amines is 2. The summed E-state index contributed by atoms with van der Waals surface area (Å²) in [4.78, 5) is 27.1. The van der Waals surface area contributed by atoms with Crippen molar-refractivity contribution in [2.24, 2.45) is 0 Å². The molecule has 1 atom stereocenters. The van der Waals surface area contributed by atoms with Gasteiger partial charge in [-0.2, -0.15) is 5.10 Å². The summed E-state index contributed by atoms with van der Waals surface area (Å²) in [5.74, 6) is 0.511. The summed E-state index contributed by atoms with van der Waals surface area (Å²) in [6.07, 6.45) is 1.03. The van der Waals surface area contributed by atoms with E-state index in [1.54, 1.807) is 4.90 Å². The Morgan fingerprint density at radius 3 is 2.75 bits per heavy atom. The molecule has 1 amide bonds. The highest BCUT2D eigenvalue weighted by atomic mass is 32.2. The molecule has 8 nitrogen and oxygen atoms in total. The number of amides is 1. The maximum absolute atomic E-state index is 12.2. The van der Waals surface area contributed by atoms with E-state index in [0.29, 0.717) is 25.2 Å². The minimum Gasteiger partial charge on any atom is -0.339 e. The lowest BCUT2D eigenvalue weighted by molar-refractivity contribution is -0.132. The third-order valence-electron chi connectivity index (χ3n) is 3.44. The molecule has 9 heteroatoms. The van der Waals surface area contributed by atoms with E-state index in [4.69, 9.17) is 0 Å². The largest absolute Gasteiger partial charge is 0.340 e. The van der Waals surface area contributed by atoms with Crippen LogP contribution in [-0.2, 0) is 21.1 Å². The Hall–Kier alpha value is -1.64. The van der Waals surface area contributed by atoms with Crippen LogP contribution in [0.1, 0.15) is 25.6 Å². The third kappa shape index (κ3) is 3.47. The standard InChI is InChI=1S/C11H18N4O4S/c1-2-15(8-5-6-20(18,19)7-8)10(16)4-3-9-12-11(17)14-13-9/h8H,2-7H2,1H3,(H2,12,13,14,17). The molecule has 2 N–H and O–H groups in total. The van der Waals surface area contributed by atoms with E-state index in [1.807, 2.05) is 6.92 Å². The number of hydrogen-bond acceptors (Lipinski definition) is 5. The fourth-order valence-electron chi connectivity index (χ4n) is 2.45. The molecule has 112 valence electrons. The molecule has 1 unspecified atom stereocenters. The topological polar surface area (TPSA) is 116 Å². The van der Waals surface area contributed by atoms with Crippen molar-refractivity contribution in [3.05, 3.63) is 16.3 Å². The van der Waals surface area contributed by atoms with Gasteiger partial charge in [0.05, 0.1) is 11.5 Å². The van der Waals surface area contributed by atoms with E-state index in [-0.39, 0.29) is 29.9 Å². The Balaban J connectivity index is 1.94. The first-order chi connectivity index (χ1) is 9.41. The van der Waals surface area contributed by atoms with Gasteiger partial charge in [0, 0.05) is 25.4 Å². The van der Waals surface area contributed by atoms with Crippen molar-refractivity contribution in [2.45, 2.75) is 32.2 Å². The van der Waals surface area contributed by atoms with Gasteiger partial charge in [0.15, 0.2) is 9.84 Å². The zero-order valence-corrected chi connectivity index (χ0v) is 12.1. The number of sulfone groups is 1. The summed E-state index contributed by atoms with van der Waals surface area (Å²) in [5.41, 5.74) is -0.401. The average molecular weight is 302 g/mol. The Morgan fingerprint density at radius 2 is 2.25 bits per heavy atom. The maximum Gasteiger partial charge on any atom is 0.340 e. The van der Waals surface area contributed by atoms with E-state index in [1.165, 1.54) is 0 Å². The minimum absolute atomic E-state index is 0.0474. The lowest BCUT2D eigenvalue weighted by Crippen LogP contribution is -2.41. The summed E-state index contributed by atoms with van der Waals surface area (Å²) >= 11 is 0. The number of carbonyl (C=O) groups excluding carboxylic acids is 1. The predicted molar refractivity (Wildman–Crippen MR) is 72.0 cm³/mol. The normalized spacial score (nSPS) is 20.9. The Kier molecular flexibility index (Phi) is 4.26. The molecule has 1 aromatic heterocycles. The monoisotopic (exact) mass is 302 g/mol. The highest BCUT2D eigenvalue weighted by Gasteiger charge is 2.33. The highest BCUT2D eigenvalue weighted by molar-refractivity contribution is 7.91. The summed E-state index contributed by atoms with van der Waals surface area (Å²) < 4.78 is 22.9. The molecule has 2 rings (SSSR count). The molecular formula is C11H18N4O4S. The van der Waals surface area contributed by atoms with Crippen LogP contribution >= 0.6 is 0 Å². The lowest BCUT2D eigenvalue weighted by Gasteiger charge is -2.26. The van der Waals surface area contributed by atoms with E-state index >= 15 is 0 Å². The summed E-state index contributed by atoms with van der Waals surface area (Å²) in [5, 5.41) is 5.97. The molecule has 1 aliphatic heterocycles. The van der Waals surface area contributed by atoms with Crippen LogP contribution in [-0.4, -0.2) is 58.5 Å². The van der Waals surface area contributed by atoms with Crippen LogP contribution < -0.4 is 5.69 Å². The van der Waals surface area contributed by atoms with Gasteiger partial charge in [0.25, 0.3) is 0 Å². The lowest BCUT2D eigenvalue weighted by atomic mass is 10.2. The van der Waals surface area contributed by atoms with E-state index in [9.17, 15) is 18.0 Å². The first-order valence-corrected chi connectivity index (χ1v) is 8.37. The average Bonchev–Trinajstić information content (AvgIpc) is 2.94. The second kappa shape index (κ2) is 5.78. The van der Waals surface area contributed by atoms with Crippen LogP contribution in [0.2, 0.25) is 0 Å². The molecule has 1 aromatic rings. The first kappa shape index (κ1) is 14.8. The highest BCUT2D eigenvalue weighted by Crippen LogP contribution is 2.18. The van der Waals surface area contributed by atoms with Crippen LogP contribution in [0.3, 0.4) is 0 Å². The van der Waals surface area contributed by atoms with Crippen molar-refractivity contribution in [3.63, 3.8) is 0 Å². The van der Waals surface area contributed by atoms with E-state index in [2.05, 4.69) is 15.2 Å². The zero-order chi connectivity index (χ0) is 14.8. The maximum atomic E-state index is 12.2. The molecule has 0 aromatic carbocycles. The van der Waals surface area contributed by atoms with Crippen molar-refractivity contribution < 1.29 is 13.2 Å². The van der Waals surface area contributed by atoms with E-state index < -0.39 is 15.5 Å². The SMILES string of the molecule is CCN(C(=O)CCc1n[nH]c(=O)[nH]1)C1CCS(=O)(=O)C1. The number of aryl methyl sites for hydroxylation is 1. The molecule has 1 aliphatic rings. The first-order valence-electron chi connectivity index (χ1n) is 6.54. The predicted octanol–water partition coefficient (Wildman–Crippen LogP) is -0.934. The van der Waals surface area contributed by atoms with Gasteiger partial charge in [-0.25, -0.2) is 18.3 Å². The van der Waals surface area contributed by atoms with Gasteiger partial charge in [-0.05, 0) is 13.3 Å². The molecule has 0 bridgehead atoms. The van der Waals surface area contributed by atoms with Crippen molar-refractivity contribution in [1.82, 2.24) is 20.1 Å². The fraction of sp³-hybridized carbons (Fsp3) is 0.727. The molecule has 0 radical (unpaired) electrons. The Morgan fingerprint density at radius 1 is 1.50 bits per heavy atom. The Bertz CT molecular complexity index is 633. The molecule has 1 fully saturated rings. The van der Waals surface area contributed by atoms with Crippen molar-refractivity contribution in [1.29, 1.82) is 0 Å². The molecule has 2 heterocycles. The fourth-order valence-corrected chi connectivity index (χ4v) is 4.18. The van der Waals surface area contributed by atoms with Gasteiger partial charge in [-0.15, -0.1) is 0 Å². The van der Waals surface area contributed by atoms with Crippen LogP contribution in [0.25, 0.3) is 0 Å². The zero-order valence-electron chi connectivity index (χ0n) is 11.3. The van der Waals surface area contributed by atoms with Crippen LogP contribution in [0.5, 0.6) is 0 Å². The molecule has 0 aliphatic carbocycles. The van der Waals surface area contributed by atoms with Gasteiger partial charge in [-0.1, -0.05) is 0 Å². The summed E-state index contributed by atoms with van der Waals surface area (Å²) in [6.45, 7) is 2.31. The van der Waals surface area contributed by atoms with Gasteiger partial charge in [0.2, 0.25) is 5.91 Å². The van der Waals surface area contributed by atoms with Crippen LogP contribution in [0, 0.1) is 0 Å². The summed E-state index contributed by atoms with van der Waals surface area (Å²) in [6, 6.07) is -0.226. The number of H-pyrrole nitrogens is 2. The van der Waals surface area contributed by atoms with E-state index in [0.717, 1.165) is 0 Å². The molecular weight excluding hydrogens is 284 g/mol. The number of nitrogens with zero attached hydrogens (tertiary/aromatic N) is 2. The van der Waals surface area contributed by atoms with Crippen LogP contribution in [0.15, 0.2) is 4.79 Å². The second-order valence-electron chi connectivity index (χ2n) is 4.86. The van der Waals surface area contributed by atoms with Crippen molar-refractivity contribution in [3.8, 4) is 0 Å². The number of carbonyl (C=O) groups is 1. The molecule has 20 heavy (non-hydrogen) atoms. The smallest absolute Gasteiger partial charge is 0.339 e. The molecule has 1 saturated heterocycles.